The Morgan fingerprint density at radius 1 is 1.19 bits per heavy atom. The van der Waals surface area contributed by atoms with E-state index in [9.17, 15) is 4.39 Å². The molecule has 1 aromatic heterocycles. The molecular weight excluding hydrogens is 273 g/mol. The molecule has 4 N–H and O–H groups in total. The van der Waals surface area contributed by atoms with Crippen molar-refractivity contribution in [3.8, 4) is 5.75 Å². The number of aromatic nitrogens is 2. The Kier molecular flexibility index (Phi) is 4.54. The topological polar surface area (TPSA) is 85.1 Å². The molecule has 1 aromatic carbocycles. The standard InChI is InChI=1S/C14H18FN5O/c1-8(2)14-18-12(7-13(19-14)20-16)17-9-4-5-11(21-3)10(15)6-9/h4-8H,16H2,1-3H3,(H2,17,18,19,20). The number of halogens is 1. The first-order valence-corrected chi connectivity index (χ1v) is 6.49. The largest absolute Gasteiger partial charge is 0.494 e. The fraction of sp³-hybridized carbons (Fsp3) is 0.286. The normalized spacial score (nSPS) is 10.6. The summed E-state index contributed by atoms with van der Waals surface area (Å²) in [5.41, 5.74) is 3.05. The van der Waals surface area contributed by atoms with Crippen molar-refractivity contribution in [2.45, 2.75) is 19.8 Å². The predicted molar refractivity (Wildman–Crippen MR) is 80.2 cm³/mol. The van der Waals surface area contributed by atoms with Crippen LogP contribution in [0.2, 0.25) is 0 Å². The SMILES string of the molecule is COc1ccc(Nc2cc(NN)nc(C(C)C)n2)cc1F. The highest BCUT2D eigenvalue weighted by atomic mass is 19.1. The minimum Gasteiger partial charge on any atom is -0.494 e. The predicted octanol–water partition coefficient (Wildman–Crippen LogP) is 2.78. The lowest BCUT2D eigenvalue weighted by Gasteiger charge is -2.12. The number of benzene rings is 1. The minimum atomic E-state index is -0.446. The Labute approximate surface area is 122 Å². The number of nitrogens with one attached hydrogen (secondary N) is 2. The van der Waals surface area contributed by atoms with Gasteiger partial charge in [-0.3, -0.25) is 0 Å². The molecule has 0 radical (unpaired) electrons. The Morgan fingerprint density at radius 3 is 2.48 bits per heavy atom. The maximum atomic E-state index is 13.7. The number of methoxy groups -OCH3 is 1. The van der Waals surface area contributed by atoms with Crippen molar-refractivity contribution in [2.75, 3.05) is 17.9 Å². The van der Waals surface area contributed by atoms with Gasteiger partial charge < -0.3 is 15.5 Å². The molecular formula is C14H18FN5O. The summed E-state index contributed by atoms with van der Waals surface area (Å²) in [5.74, 6) is 6.95. The van der Waals surface area contributed by atoms with E-state index in [0.29, 0.717) is 23.1 Å². The van der Waals surface area contributed by atoms with E-state index >= 15 is 0 Å². The van der Waals surface area contributed by atoms with Crippen molar-refractivity contribution in [1.82, 2.24) is 9.97 Å². The van der Waals surface area contributed by atoms with Gasteiger partial charge in [-0.15, -0.1) is 0 Å². The van der Waals surface area contributed by atoms with E-state index in [1.165, 1.54) is 13.2 Å². The molecule has 0 atom stereocenters. The van der Waals surface area contributed by atoms with Gasteiger partial charge in [0, 0.05) is 23.7 Å². The number of anilines is 3. The highest BCUT2D eigenvalue weighted by molar-refractivity contribution is 5.60. The molecule has 0 amide bonds. The smallest absolute Gasteiger partial charge is 0.167 e. The van der Waals surface area contributed by atoms with Gasteiger partial charge in [-0.2, -0.15) is 0 Å². The molecule has 7 heteroatoms. The summed E-state index contributed by atoms with van der Waals surface area (Å²) in [4.78, 5) is 8.63. The van der Waals surface area contributed by atoms with Gasteiger partial charge >= 0.3 is 0 Å². The highest BCUT2D eigenvalue weighted by Crippen LogP contribution is 2.24. The number of nitrogens with zero attached hydrogens (tertiary/aromatic N) is 2. The maximum absolute atomic E-state index is 13.7. The van der Waals surface area contributed by atoms with E-state index < -0.39 is 5.82 Å². The molecule has 6 nitrogen and oxygen atoms in total. The Bertz CT molecular complexity index is 633. The van der Waals surface area contributed by atoms with Crippen molar-refractivity contribution < 1.29 is 9.13 Å². The fourth-order valence-corrected chi connectivity index (χ4v) is 1.75. The van der Waals surface area contributed by atoms with E-state index in [4.69, 9.17) is 10.6 Å². The molecule has 0 spiro atoms. The molecule has 2 aromatic rings. The van der Waals surface area contributed by atoms with Gasteiger partial charge in [0.1, 0.15) is 17.5 Å². The van der Waals surface area contributed by atoms with Crippen LogP contribution in [0.5, 0.6) is 5.75 Å². The summed E-state index contributed by atoms with van der Waals surface area (Å²) < 4.78 is 18.6. The van der Waals surface area contributed by atoms with E-state index in [2.05, 4.69) is 20.7 Å². The summed E-state index contributed by atoms with van der Waals surface area (Å²) in [6.45, 7) is 3.96. The zero-order valence-electron chi connectivity index (χ0n) is 12.1. The molecule has 2 rings (SSSR count). The Hall–Kier alpha value is -2.41. The zero-order valence-corrected chi connectivity index (χ0v) is 12.1. The van der Waals surface area contributed by atoms with Crippen LogP contribution in [0.3, 0.4) is 0 Å². The molecule has 0 saturated heterocycles. The van der Waals surface area contributed by atoms with Crippen LogP contribution in [0.1, 0.15) is 25.6 Å². The second-order valence-corrected chi connectivity index (χ2v) is 4.77. The van der Waals surface area contributed by atoms with Crippen LogP contribution in [0.4, 0.5) is 21.7 Å². The molecule has 0 bridgehead atoms. The summed E-state index contributed by atoms with van der Waals surface area (Å²) in [7, 11) is 1.42. The Balaban J connectivity index is 2.30. The summed E-state index contributed by atoms with van der Waals surface area (Å²) >= 11 is 0. The molecule has 1 heterocycles. The second kappa shape index (κ2) is 6.36. The summed E-state index contributed by atoms with van der Waals surface area (Å²) in [5, 5.41) is 3.02. The summed E-state index contributed by atoms with van der Waals surface area (Å²) in [6, 6.07) is 6.23. The first-order chi connectivity index (χ1) is 10.0. The third-order valence-electron chi connectivity index (χ3n) is 2.83. The fourth-order valence-electron chi connectivity index (χ4n) is 1.75. The van der Waals surface area contributed by atoms with Gasteiger partial charge in [-0.1, -0.05) is 13.8 Å². The van der Waals surface area contributed by atoms with E-state index in [0.717, 1.165) is 0 Å². The van der Waals surface area contributed by atoms with Crippen molar-refractivity contribution in [2.24, 2.45) is 5.84 Å². The first-order valence-electron chi connectivity index (χ1n) is 6.49. The second-order valence-electron chi connectivity index (χ2n) is 4.77. The van der Waals surface area contributed by atoms with Gasteiger partial charge in [0.15, 0.2) is 11.6 Å². The minimum absolute atomic E-state index is 0.145. The lowest BCUT2D eigenvalue weighted by molar-refractivity contribution is 0.386. The van der Waals surface area contributed by atoms with Gasteiger partial charge in [-0.25, -0.2) is 20.2 Å². The molecule has 0 unspecified atom stereocenters. The highest BCUT2D eigenvalue weighted by Gasteiger charge is 2.09. The maximum Gasteiger partial charge on any atom is 0.167 e. The van der Waals surface area contributed by atoms with Crippen LogP contribution in [0.25, 0.3) is 0 Å². The van der Waals surface area contributed by atoms with Crippen LogP contribution in [-0.2, 0) is 0 Å². The third kappa shape index (κ3) is 3.57. The molecule has 0 aliphatic carbocycles. The molecule has 112 valence electrons. The van der Waals surface area contributed by atoms with Crippen molar-refractivity contribution in [3.05, 3.63) is 35.9 Å². The number of hydrazine groups is 1. The van der Waals surface area contributed by atoms with E-state index in [-0.39, 0.29) is 11.7 Å². The molecule has 21 heavy (non-hydrogen) atoms. The summed E-state index contributed by atoms with van der Waals surface area (Å²) in [6.07, 6.45) is 0. The van der Waals surface area contributed by atoms with Crippen molar-refractivity contribution in [1.29, 1.82) is 0 Å². The van der Waals surface area contributed by atoms with Crippen molar-refractivity contribution in [3.63, 3.8) is 0 Å². The average molecular weight is 291 g/mol. The quantitative estimate of drug-likeness (QED) is 0.580. The lowest BCUT2D eigenvalue weighted by atomic mass is 10.2. The number of ether oxygens (including phenoxy) is 1. The molecule has 0 aliphatic heterocycles. The third-order valence-corrected chi connectivity index (χ3v) is 2.83. The van der Waals surface area contributed by atoms with Crippen molar-refractivity contribution >= 4 is 17.3 Å². The molecule has 0 aliphatic rings. The Morgan fingerprint density at radius 2 is 1.90 bits per heavy atom. The van der Waals surface area contributed by atoms with Gasteiger partial charge in [0.25, 0.3) is 0 Å². The van der Waals surface area contributed by atoms with E-state index in [1.54, 1.807) is 18.2 Å². The zero-order chi connectivity index (χ0) is 15.4. The van der Waals surface area contributed by atoms with Crippen LogP contribution in [-0.4, -0.2) is 17.1 Å². The first kappa shape index (κ1) is 15.0. The van der Waals surface area contributed by atoms with Gasteiger partial charge in [0.05, 0.1) is 7.11 Å². The number of hydrogen-bond acceptors (Lipinski definition) is 6. The molecule has 0 saturated carbocycles. The monoisotopic (exact) mass is 291 g/mol. The number of rotatable bonds is 5. The van der Waals surface area contributed by atoms with E-state index in [1.807, 2.05) is 13.8 Å². The van der Waals surface area contributed by atoms with Crippen LogP contribution >= 0.6 is 0 Å². The van der Waals surface area contributed by atoms with Crippen LogP contribution in [0, 0.1) is 5.82 Å². The van der Waals surface area contributed by atoms with Gasteiger partial charge in [-0.05, 0) is 12.1 Å². The molecule has 0 fully saturated rings. The number of nitrogen functional groups attached to an aromatic ring is 1. The van der Waals surface area contributed by atoms with Crippen LogP contribution < -0.4 is 21.3 Å². The number of nitrogens with two attached hydrogens (primary N) is 1. The lowest BCUT2D eigenvalue weighted by Crippen LogP contribution is -2.12. The average Bonchev–Trinajstić information content (AvgIpc) is 2.47. The number of hydrogen-bond donors (Lipinski definition) is 3. The van der Waals surface area contributed by atoms with Gasteiger partial charge in [0.2, 0.25) is 0 Å². The van der Waals surface area contributed by atoms with Crippen LogP contribution in [0.15, 0.2) is 24.3 Å².